The van der Waals surface area contributed by atoms with Crippen LogP contribution in [-0.2, 0) is 14.3 Å². The van der Waals surface area contributed by atoms with Gasteiger partial charge in [0.15, 0.2) is 0 Å². The van der Waals surface area contributed by atoms with Gasteiger partial charge in [0.25, 0.3) is 0 Å². The number of carbonyl (C=O) groups excluding carboxylic acids is 3. The third-order valence-corrected chi connectivity index (χ3v) is 6.90. The summed E-state index contributed by atoms with van der Waals surface area (Å²) in [5.41, 5.74) is 0.921. The fourth-order valence-corrected chi connectivity index (χ4v) is 4.93. The fraction of sp³-hybridized carbons (Fsp3) is 0.700. The highest BCUT2D eigenvalue weighted by molar-refractivity contribution is 5.92. The lowest BCUT2D eigenvalue weighted by Crippen LogP contribution is -2.57. The van der Waals surface area contributed by atoms with Crippen LogP contribution in [0.1, 0.15) is 104 Å². The lowest BCUT2D eigenvalue weighted by molar-refractivity contribution is -0.146. The van der Waals surface area contributed by atoms with Crippen molar-refractivity contribution >= 4 is 17.9 Å². The average Bonchev–Trinajstić information content (AvgIpc) is 2.83. The Kier molecular flexibility index (Phi) is 12.1. The van der Waals surface area contributed by atoms with Gasteiger partial charge in [-0.15, -0.1) is 0 Å². The normalized spacial score (nSPS) is 16.9. The van der Waals surface area contributed by atoms with Crippen LogP contribution in [0.4, 0.5) is 4.79 Å². The second-order valence-corrected chi connectivity index (χ2v) is 12.1. The number of ether oxygens (including phenoxy) is 1. The largest absolute Gasteiger partial charge is 0.444 e. The topological polar surface area (TPSA) is 108 Å². The lowest BCUT2D eigenvalue weighted by atomic mass is 9.93. The molecule has 0 saturated heterocycles. The minimum absolute atomic E-state index is 0.0695. The predicted octanol–water partition coefficient (Wildman–Crippen LogP) is 5.02. The monoisotopic (exact) mass is 531 g/mol. The number of nitrogens with zero attached hydrogens (tertiary/aromatic N) is 1. The zero-order chi connectivity index (χ0) is 28.5. The zero-order valence-electron chi connectivity index (χ0n) is 24.4. The number of rotatable bonds is 11. The van der Waals surface area contributed by atoms with Crippen LogP contribution in [0, 0.1) is 12.8 Å². The first-order chi connectivity index (χ1) is 17.8. The molecule has 0 aromatic heterocycles. The van der Waals surface area contributed by atoms with Gasteiger partial charge < -0.3 is 25.4 Å². The van der Waals surface area contributed by atoms with Gasteiger partial charge in [-0.1, -0.05) is 62.9 Å². The molecule has 1 aliphatic rings. The molecule has 3 unspecified atom stereocenters. The van der Waals surface area contributed by atoms with E-state index in [-0.39, 0.29) is 18.0 Å². The van der Waals surface area contributed by atoms with Crippen molar-refractivity contribution in [1.82, 2.24) is 15.5 Å². The molecule has 0 heterocycles. The molecule has 1 saturated carbocycles. The van der Waals surface area contributed by atoms with Gasteiger partial charge in [-0.25, -0.2) is 4.79 Å². The number of benzene rings is 1. The smallest absolute Gasteiger partial charge is 0.408 e. The third kappa shape index (κ3) is 9.93. The number of nitrogens with one attached hydrogen (secondary N) is 2. The van der Waals surface area contributed by atoms with Gasteiger partial charge in [-0.2, -0.15) is 0 Å². The lowest BCUT2D eigenvalue weighted by Gasteiger charge is -2.39. The van der Waals surface area contributed by atoms with E-state index in [1.54, 1.807) is 25.7 Å². The Hall–Kier alpha value is -2.61. The molecule has 8 nitrogen and oxygen atoms in total. The van der Waals surface area contributed by atoms with E-state index < -0.39 is 36.3 Å². The van der Waals surface area contributed by atoms with Crippen LogP contribution < -0.4 is 10.6 Å². The zero-order valence-corrected chi connectivity index (χ0v) is 24.4. The molecule has 0 aliphatic heterocycles. The summed E-state index contributed by atoms with van der Waals surface area (Å²) in [4.78, 5) is 42.1. The van der Waals surface area contributed by atoms with Crippen LogP contribution in [0.3, 0.4) is 0 Å². The van der Waals surface area contributed by atoms with Gasteiger partial charge in [0.2, 0.25) is 11.8 Å². The maximum absolute atomic E-state index is 14.1. The first kappa shape index (κ1) is 31.6. The van der Waals surface area contributed by atoms with Gasteiger partial charge >= 0.3 is 6.09 Å². The number of amides is 3. The minimum Gasteiger partial charge on any atom is -0.444 e. The molecule has 2 rings (SSSR count). The Morgan fingerprint density at radius 2 is 1.74 bits per heavy atom. The molecule has 3 N–H and O–H groups in total. The highest BCUT2D eigenvalue weighted by Crippen LogP contribution is 2.29. The highest BCUT2D eigenvalue weighted by Gasteiger charge is 2.39. The van der Waals surface area contributed by atoms with Gasteiger partial charge in [-0.05, 0) is 71.8 Å². The Morgan fingerprint density at radius 3 is 2.29 bits per heavy atom. The first-order valence-electron chi connectivity index (χ1n) is 14.1. The summed E-state index contributed by atoms with van der Waals surface area (Å²) in [6, 6.07) is 5.23. The number of aryl methyl sites for hydroxylation is 1. The van der Waals surface area contributed by atoms with E-state index in [1.165, 1.54) is 6.42 Å². The van der Waals surface area contributed by atoms with Crippen LogP contribution in [0.15, 0.2) is 24.3 Å². The van der Waals surface area contributed by atoms with Crippen molar-refractivity contribution in [2.75, 3.05) is 6.61 Å². The third-order valence-electron chi connectivity index (χ3n) is 6.90. The second kappa shape index (κ2) is 14.5. The van der Waals surface area contributed by atoms with Crippen molar-refractivity contribution in [3.63, 3.8) is 0 Å². The molecule has 0 spiro atoms. The molecule has 3 atom stereocenters. The summed E-state index contributed by atoms with van der Waals surface area (Å²) in [7, 11) is 0. The fourth-order valence-electron chi connectivity index (χ4n) is 4.93. The minimum atomic E-state index is -1.25. The van der Waals surface area contributed by atoms with Crippen LogP contribution in [0.2, 0.25) is 0 Å². The molecule has 8 heteroatoms. The molecule has 1 aromatic carbocycles. The van der Waals surface area contributed by atoms with Crippen molar-refractivity contribution in [2.45, 2.75) is 123 Å². The molecule has 1 aromatic rings. The Bertz CT molecular complexity index is 921. The van der Waals surface area contributed by atoms with E-state index in [4.69, 9.17) is 4.74 Å². The maximum Gasteiger partial charge on any atom is 0.408 e. The number of hydrogen-bond donors (Lipinski definition) is 3. The highest BCUT2D eigenvalue weighted by atomic mass is 16.6. The van der Waals surface area contributed by atoms with E-state index >= 15 is 0 Å². The molecular weight excluding hydrogens is 482 g/mol. The van der Waals surface area contributed by atoms with Crippen molar-refractivity contribution in [1.29, 1.82) is 0 Å². The molecular formula is C30H49N3O5. The maximum atomic E-state index is 14.1. The van der Waals surface area contributed by atoms with Crippen molar-refractivity contribution in [3.8, 4) is 0 Å². The summed E-state index contributed by atoms with van der Waals surface area (Å²) in [6.45, 7) is 12.7. The number of alkyl carbamates (subject to hydrolysis) is 1. The summed E-state index contributed by atoms with van der Waals surface area (Å²) >= 11 is 0. The molecule has 0 radical (unpaired) electrons. The number of hydrogen-bond acceptors (Lipinski definition) is 5. The summed E-state index contributed by atoms with van der Waals surface area (Å²) < 4.78 is 5.34. The number of aliphatic hydroxyl groups excluding tert-OH is 1. The van der Waals surface area contributed by atoms with Crippen molar-refractivity contribution in [3.05, 3.63) is 35.4 Å². The molecule has 214 valence electrons. The second-order valence-electron chi connectivity index (χ2n) is 12.1. The van der Waals surface area contributed by atoms with Gasteiger partial charge in [0, 0.05) is 12.1 Å². The Labute approximate surface area is 228 Å². The predicted molar refractivity (Wildman–Crippen MR) is 150 cm³/mol. The van der Waals surface area contributed by atoms with E-state index in [0.29, 0.717) is 17.9 Å². The van der Waals surface area contributed by atoms with Crippen LogP contribution in [0.25, 0.3) is 0 Å². The molecule has 0 bridgehead atoms. The van der Waals surface area contributed by atoms with Gasteiger partial charge in [0.1, 0.15) is 17.7 Å². The van der Waals surface area contributed by atoms with E-state index in [1.807, 2.05) is 38.1 Å². The number of carbonyl (C=O) groups is 3. The first-order valence-corrected chi connectivity index (χ1v) is 14.1. The number of aliphatic hydroxyl groups is 1. The summed E-state index contributed by atoms with van der Waals surface area (Å²) in [5.74, 6) is -0.336. The Morgan fingerprint density at radius 1 is 1.08 bits per heavy atom. The quantitative estimate of drug-likeness (QED) is 0.371. The van der Waals surface area contributed by atoms with Crippen LogP contribution in [0.5, 0.6) is 0 Å². The SMILES string of the molecule is Cc1cccc(C(C(=O)NC2CCCCC2)N(C(=O)C(CO)NC(=O)OC(C)(C)C)C(C)CCC(C)C)c1. The van der Waals surface area contributed by atoms with E-state index in [0.717, 1.165) is 37.7 Å². The molecule has 1 fully saturated rings. The summed E-state index contributed by atoms with van der Waals surface area (Å²) in [6.07, 6.45) is 5.88. The Balaban J connectivity index is 2.48. The van der Waals surface area contributed by atoms with Crippen molar-refractivity contribution in [2.24, 2.45) is 5.92 Å². The van der Waals surface area contributed by atoms with Crippen LogP contribution >= 0.6 is 0 Å². The van der Waals surface area contributed by atoms with E-state index in [2.05, 4.69) is 24.5 Å². The van der Waals surface area contributed by atoms with Gasteiger partial charge in [-0.3, -0.25) is 9.59 Å². The van der Waals surface area contributed by atoms with Gasteiger partial charge in [0.05, 0.1) is 6.61 Å². The summed E-state index contributed by atoms with van der Waals surface area (Å²) in [5, 5.41) is 15.9. The standard InChI is InChI=1S/C30H49N3O5/c1-20(2)16-17-22(4)33(28(36)25(19-34)32-29(37)38-30(5,6)7)26(23-13-11-12-21(3)18-23)27(35)31-24-14-9-8-10-15-24/h11-13,18,20,22,24-26,34H,8-10,14-17,19H2,1-7H3,(H,31,35)(H,32,37). The molecule has 38 heavy (non-hydrogen) atoms. The average molecular weight is 532 g/mol. The van der Waals surface area contributed by atoms with Crippen LogP contribution in [-0.4, -0.2) is 58.2 Å². The van der Waals surface area contributed by atoms with E-state index in [9.17, 15) is 19.5 Å². The molecule has 1 aliphatic carbocycles. The molecule has 3 amide bonds. The van der Waals surface area contributed by atoms with Crippen molar-refractivity contribution < 1.29 is 24.2 Å².